The second kappa shape index (κ2) is 9.76. The number of halogens is 1. The van der Waals surface area contributed by atoms with Crippen molar-refractivity contribution >= 4 is 56.5 Å². The first kappa shape index (κ1) is 21.1. The van der Waals surface area contributed by atoms with Gasteiger partial charge in [0.05, 0.1) is 22.2 Å². The van der Waals surface area contributed by atoms with Crippen LogP contribution in [0.4, 0.5) is 5.69 Å². The Bertz CT molecular complexity index is 987. The highest BCUT2D eigenvalue weighted by atomic mass is 79.9. The molecule has 3 rings (SSSR count). The molecule has 2 aromatic carbocycles. The van der Waals surface area contributed by atoms with E-state index in [1.54, 1.807) is 18.2 Å². The minimum atomic E-state index is -0.460. The number of aryl methyl sites for hydroxylation is 1. The van der Waals surface area contributed by atoms with Crippen molar-refractivity contribution in [3.63, 3.8) is 0 Å². The third-order valence-corrected chi connectivity index (χ3v) is 5.58. The fraction of sp³-hybridized carbons (Fsp3) is 0.190. The number of esters is 1. The Morgan fingerprint density at radius 3 is 2.66 bits per heavy atom. The van der Waals surface area contributed by atoms with Crippen molar-refractivity contribution in [3.05, 3.63) is 63.0 Å². The second-order valence-corrected chi connectivity index (χ2v) is 7.94. The van der Waals surface area contributed by atoms with Gasteiger partial charge in [-0.2, -0.15) is 0 Å². The van der Waals surface area contributed by atoms with Crippen LogP contribution in [-0.4, -0.2) is 30.8 Å². The molecular formula is C21H19BrN2O4S. The Morgan fingerprint density at radius 2 is 2.00 bits per heavy atom. The average molecular weight is 475 g/mol. The molecule has 29 heavy (non-hydrogen) atoms. The monoisotopic (exact) mass is 474 g/mol. The number of nitrogens with zero attached hydrogens (tertiary/aromatic N) is 1. The lowest BCUT2D eigenvalue weighted by Crippen LogP contribution is -2.19. The molecule has 150 valence electrons. The van der Waals surface area contributed by atoms with Crippen LogP contribution in [0.3, 0.4) is 0 Å². The van der Waals surface area contributed by atoms with E-state index >= 15 is 0 Å². The number of hydrogen-bond donors (Lipinski definition) is 1. The topological polar surface area (TPSA) is 77.0 Å². The van der Waals surface area contributed by atoms with E-state index in [1.807, 2.05) is 30.3 Å². The molecule has 1 aliphatic rings. The van der Waals surface area contributed by atoms with Gasteiger partial charge in [0, 0.05) is 0 Å². The van der Waals surface area contributed by atoms with Crippen LogP contribution in [0.25, 0.3) is 6.08 Å². The largest absolute Gasteiger partial charge is 0.481 e. The first-order valence-corrected chi connectivity index (χ1v) is 10.5. The first-order valence-electron chi connectivity index (χ1n) is 8.86. The van der Waals surface area contributed by atoms with Crippen molar-refractivity contribution in [2.45, 2.75) is 13.3 Å². The molecule has 1 N–H and O–H groups in total. The molecule has 0 aromatic heterocycles. The lowest BCUT2D eigenvalue weighted by atomic mass is 10.2. The van der Waals surface area contributed by atoms with E-state index in [2.05, 4.69) is 37.9 Å². The summed E-state index contributed by atoms with van der Waals surface area (Å²) in [6, 6.07) is 13.3. The highest BCUT2D eigenvalue weighted by Crippen LogP contribution is 2.31. The molecule has 0 radical (unpaired) electrons. The standard InChI is InChI=1S/C21H19BrN2O4S/c1-3-13-4-7-15(8-5-13)23-21-24-20(26)18(29-21)11-14-6-9-17(16(22)10-14)28-12-19(25)27-2/h4-11H,3,12H2,1-2H3,(H,23,24,26)/b18-11+. The van der Waals surface area contributed by atoms with Crippen molar-refractivity contribution < 1.29 is 19.1 Å². The van der Waals surface area contributed by atoms with Crippen LogP contribution in [0.1, 0.15) is 18.1 Å². The molecule has 0 unspecified atom stereocenters. The smallest absolute Gasteiger partial charge is 0.343 e. The molecule has 0 bridgehead atoms. The van der Waals surface area contributed by atoms with Crippen LogP contribution in [0, 0.1) is 0 Å². The lowest BCUT2D eigenvalue weighted by molar-refractivity contribution is -0.142. The SMILES string of the molecule is CCc1ccc(N=C2NC(=O)/C(=C\c3ccc(OCC(=O)OC)c(Br)c3)S2)cc1. The zero-order chi connectivity index (χ0) is 20.8. The van der Waals surface area contributed by atoms with Gasteiger partial charge in [0.2, 0.25) is 0 Å². The number of ether oxygens (including phenoxy) is 2. The Labute approximate surface area is 181 Å². The molecule has 1 aliphatic heterocycles. The summed E-state index contributed by atoms with van der Waals surface area (Å²) in [6.07, 6.45) is 2.74. The summed E-state index contributed by atoms with van der Waals surface area (Å²) in [5.41, 5.74) is 2.84. The number of nitrogens with one attached hydrogen (secondary N) is 1. The third-order valence-electron chi connectivity index (χ3n) is 4.05. The molecule has 0 aliphatic carbocycles. The molecule has 8 heteroatoms. The van der Waals surface area contributed by atoms with E-state index < -0.39 is 5.97 Å². The molecule has 2 aromatic rings. The number of carbonyl (C=O) groups is 2. The highest BCUT2D eigenvalue weighted by Gasteiger charge is 2.23. The minimum Gasteiger partial charge on any atom is -0.481 e. The molecule has 1 saturated heterocycles. The molecule has 0 saturated carbocycles. The Morgan fingerprint density at radius 1 is 1.24 bits per heavy atom. The zero-order valence-corrected chi connectivity index (χ0v) is 18.3. The summed E-state index contributed by atoms with van der Waals surface area (Å²) in [5.74, 6) is -0.141. The third kappa shape index (κ3) is 5.71. The normalized spacial score (nSPS) is 16.2. The van der Waals surface area contributed by atoms with Gasteiger partial charge >= 0.3 is 5.97 Å². The molecule has 6 nitrogen and oxygen atoms in total. The molecule has 0 atom stereocenters. The number of thioether (sulfide) groups is 1. The van der Waals surface area contributed by atoms with Gasteiger partial charge in [-0.15, -0.1) is 0 Å². The predicted molar refractivity (Wildman–Crippen MR) is 118 cm³/mol. The minimum absolute atomic E-state index is 0.174. The quantitative estimate of drug-likeness (QED) is 0.494. The Balaban J connectivity index is 1.71. The predicted octanol–water partition coefficient (Wildman–Crippen LogP) is 4.45. The van der Waals surface area contributed by atoms with Gasteiger partial charge < -0.3 is 14.8 Å². The van der Waals surface area contributed by atoms with Crippen LogP contribution in [0.2, 0.25) is 0 Å². The van der Waals surface area contributed by atoms with Crippen LogP contribution >= 0.6 is 27.7 Å². The maximum atomic E-state index is 12.3. The number of carbonyl (C=O) groups excluding carboxylic acids is 2. The van der Waals surface area contributed by atoms with E-state index in [0.717, 1.165) is 17.7 Å². The van der Waals surface area contributed by atoms with E-state index in [9.17, 15) is 9.59 Å². The van der Waals surface area contributed by atoms with Crippen molar-refractivity contribution in [2.24, 2.45) is 4.99 Å². The average Bonchev–Trinajstić information content (AvgIpc) is 3.06. The summed E-state index contributed by atoms with van der Waals surface area (Å²) in [5, 5.41) is 3.33. The van der Waals surface area contributed by atoms with Crippen LogP contribution in [0.15, 0.2) is 56.8 Å². The first-order chi connectivity index (χ1) is 14.0. The van der Waals surface area contributed by atoms with Crippen molar-refractivity contribution in [1.82, 2.24) is 5.32 Å². The number of hydrogen-bond acceptors (Lipinski definition) is 6. The lowest BCUT2D eigenvalue weighted by Gasteiger charge is -2.07. The molecular weight excluding hydrogens is 456 g/mol. The van der Waals surface area contributed by atoms with Gasteiger partial charge in [0.15, 0.2) is 11.8 Å². The van der Waals surface area contributed by atoms with E-state index in [1.165, 1.54) is 24.4 Å². The van der Waals surface area contributed by atoms with Gasteiger partial charge in [0.25, 0.3) is 5.91 Å². The molecule has 1 amide bonds. The maximum Gasteiger partial charge on any atom is 0.343 e. The van der Waals surface area contributed by atoms with E-state index in [0.29, 0.717) is 20.3 Å². The van der Waals surface area contributed by atoms with Crippen LogP contribution in [0.5, 0.6) is 5.75 Å². The van der Waals surface area contributed by atoms with E-state index in [-0.39, 0.29) is 12.5 Å². The summed E-state index contributed by atoms with van der Waals surface area (Å²) < 4.78 is 10.6. The second-order valence-electron chi connectivity index (χ2n) is 6.06. The van der Waals surface area contributed by atoms with Gasteiger partial charge in [-0.05, 0) is 75.6 Å². The summed E-state index contributed by atoms with van der Waals surface area (Å²) in [6.45, 7) is 1.92. The number of rotatable bonds is 6. The van der Waals surface area contributed by atoms with Crippen LogP contribution < -0.4 is 10.1 Å². The highest BCUT2D eigenvalue weighted by molar-refractivity contribution is 9.10. The van der Waals surface area contributed by atoms with Crippen molar-refractivity contribution in [2.75, 3.05) is 13.7 Å². The summed E-state index contributed by atoms with van der Waals surface area (Å²) >= 11 is 4.70. The zero-order valence-electron chi connectivity index (χ0n) is 15.9. The van der Waals surface area contributed by atoms with Gasteiger partial charge in [0.1, 0.15) is 5.75 Å². The fourth-order valence-corrected chi connectivity index (χ4v) is 3.83. The van der Waals surface area contributed by atoms with Gasteiger partial charge in [-0.3, -0.25) is 4.79 Å². The maximum absolute atomic E-state index is 12.3. The number of benzene rings is 2. The van der Waals surface area contributed by atoms with Gasteiger partial charge in [-0.1, -0.05) is 25.1 Å². The number of methoxy groups -OCH3 is 1. The molecule has 0 spiro atoms. The molecule has 1 heterocycles. The number of amidine groups is 1. The summed E-state index contributed by atoms with van der Waals surface area (Å²) in [4.78, 5) is 28.5. The van der Waals surface area contributed by atoms with Crippen molar-refractivity contribution in [1.29, 1.82) is 0 Å². The fourth-order valence-electron chi connectivity index (χ4n) is 2.47. The van der Waals surface area contributed by atoms with Crippen LogP contribution in [-0.2, 0) is 20.7 Å². The summed E-state index contributed by atoms with van der Waals surface area (Å²) in [7, 11) is 1.30. The number of amides is 1. The Kier molecular flexibility index (Phi) is 7.11. The van der Waals surface area contributed by atoms with Gasteiger partial charge in [-0.25, -0.2) is 9.79 Å². The number of aliphatic imine (C=N–C) groups is 1. The van der Waals surface area contributed by atoms with Crippen molar-refractivity contribution in [3.8, 4) is 5.75 Å². The Hall–Kier alpha value is -2.58. The van der Waals surface area contributed by atoms with E-state index in [4.69, 9.17) is 4.74 Å². The molecule has 1 fully saturated rings.